The number of ether oxygens (including phenoxy) is 2. The summed E-state index contributed by atoms with van der Waals surface area (Å²) in [7, 11) is 0. The van der Waals surface area contributed by atoms with Crippen molar-refractivity contribution >= 4 is 5.97 Å². The topological polar surface area (TPSA) is 171 Å². The molecule has 11 nitrogen and oxygen atoms in total. The third-order valence-electron chi connectivity index (χ3n) is 3.08. The van der Waals surface area contributed by atoms with E-state index in [-0.39, 0.29) is 0 Å². The third-order valence-corrected chi connectivity index (χ3v) is 3.08. The van der Waals surface area contributed by atoms with Crippen molar-refractivity contribution in [3.63, 3.8) is 0 Å². The minimum absolute atomic E-state index is 0.472. The molecule has 0 saturated carbocycles. The highest BCUT2D eigenvalue weighted by Gasteiger charge is 2.43. The fourth-order valence-corrected chi connectivity index (χ4v) is 2.01. The van der Waals surface area contributed by atoms with Crippen molar-refractivity contribution < 1.29 is 34.7 Å². The summed E-state index contributed by atoms with van der Waals surface area (Å²) in [5.41, 5.74) is -1.91. The van der Waals surface area contributed by atoms with Gasteiger partial charge in [-0.15, -0.1) is 0 Å². The first-order valence-electron chi connectivity index (χ1n) is 6.17. The third kappa shape index (κ3) is 3.01. The maximum atomic E-state index is 11.8. The van der Waals surface area contributed by atoms with Gasteiger partial charge in [0.2, 0.25) is 5.75 Å². The molecule has 4 atom stereocenters. The molecule has 1 aromatic heterocycles. The SMILES string of the molecule is O=C(O)COc1cn([C@@H]2O[C@H](CO)[C@H](O)[C@@H]2O)c(=O)[nH]c1=O. The van der Waals surface area contributed by atoms with Crippen LogP contribution in [0.5, 0.6) is 5.75 Å². The molecule has 5 N–H and O–H groups in total. The van der Waals surface area contributed by atoms with E-state index in [2.05, 4.69) is 0 Å². The van der Waals surface area contributed by atoms with Crippen LogP contribution in [0.3, 0.4) is 0 Å². The fraction of sp³-hybridized carbons (Fsp3) is 0.545. The van der Waals surface area contributed by atoms with Gasteiger partial charge in [0.15, 0.2) is 12.8 Å². The lowest BCUT2D eigenvalue weighted by molar-refractivity contribution is -0.139. The predicted molar refractivity (Wildman–Crippen MR) is 67.5 cm³/mol. The van der Waals surface area contributed by atoms with Crippen LogP contribution < -0.4 is 16.0 Å². The summed E-state index contributed by atoms with van der Waals surface area (Å²) in [5, 5.41) is 37.0. The van der Waals surface area contributed by atoms with Crippen LogP contribution in [-0.4, -0.2) is 67.5 Å². The molecule has 0 radical (unpaired) electrons. The first-order valence-corrected chi connectivity index (χ1v) is 6.17. The van der Waals surface area contributed by atoms with E-state index in [4.69, 9.17) is 19.7 Å². The maximum absolute atomic E-state index is 11.8. The number of carbonyl (C=O) groups is 1. The highest BCUT2D eigenvalue weighted by molar-refractivity contribution is 5.68. The molecule has 1 aromatic rings. The molecule has 1 aliphatic heterocycles. The van der Waals surface area contributed by atoms with Crippen molar-refractivity contribution in [3.05, 3.63) is 27.0 Å². The molecule has 11 heteroatoms. The largest absolute Gasteiger partial charge is 0.479 e. The lowest BCUT2D eigenvalue weighted by Gasteiger charge is -2.17. The van der Waals surface area contributed by atoms with Gasteiger partial charge >= 0.3 is 11.7 Å². The Bertz CT molecular complexity index is 666. The molecular weight excluding hydrogens is 304 g/mol. The van der Waals surface area contributed by atoms with Crippen LogP contribution >= 0.6 is 0 Å². The number of carboxylic acid groups (broad SMARTS) is 1. The first-order chi connectivity index (χ1) is 10.3. The number of hydrogen-bond acceptors (Lipinski definition) is 8. The summed E-state index contributed by atoms with van der Waals surface area (Å²) in [5.74, 6) is -1.80. The summed E-state index contributed by atoms with van der Waals surface area (Å²) in [6.07, 6.45) is -4.58. The highest BCUT2D eigenvalue weighted by Crippen LogP contribution is 2.28. The van der Waals surface area contributed by atoms with Crippen molar-refractivity contribution in [2.75, 3.05) is 13.2 Å². The quantitative estimate of drug-likeness (QED) is 0.371. The van der Waals surface area contributed by atoms with E-state index >= 15 is 0 Å². The zero-order chi connectivity index (χ0) is 16.4. The van der Waals surface area contributed by atoms with Crippen LogP contribution in [0.15, 0.2) is 15.8 Å². The van der Waals surface area contributed by atoms with Gasteiger partial charge in [0, 0.05) is 0 Å². The number of rotatable bonds is 5. The van der Waals surface area contributed by atoms with E-state index in [0.717, 1.165) is 10.8 Å². The fourth-order valence-electron chi connectivity index (χ4n) is 2.01. The number of nitrogens with zero attached hydrogens (tertiary/aromatic N) is 1. The number of hydrogen-bond donors (Lipinski definition) is 5. The molecule has 1 fully saturated rings. The van der Waals surface area contributed by atoms with Crippen LogP contribution in [0.1, 0.15) is 6.23 Å². The number of H-pyrrole nitrogens is 1. The van der Waals surface area contributed by atoms with Gasteiger partial charge in [-0.05, 0) is 0 Å². The number of carboxylic acids is 1. The summed E-state index contributed by atoms with van der Waals surface area (Å²) in [6.45, 7) is -1.40. The van der Waals surface area contributed by atoms with E-state index in [0.29, 0.717) is 0 Å². The number of aliphatic hydroxyl groups excluding tert-OH is 3. The Morgan fingerprint density at radius 2 is 2.05 bits per heavy atom. The van der Waals surface area contributed by atoms with Crippen molar-refractivity contribution in [3.8, 4) is 5.75 Å². The molecule has 0 amide bonds. The maximum Gasteiger partial charge on any atom is 0.341 e. The normalized spacial score (nSPS) is 27.8. The molecule has 2 rings (SSSR count). The van der Waals surface area contributed by atoms with Gasteiger partial charge in [0.1, 0.15) is 18.3 Å². The van der Waals surface area contributed by atoms with Gasteiger partial charge in [-0.3, -0.25) is 14.3 Å². The smallest absolute Gasteiger partial charge is 0.341 e. The number of aromatic nitrogens is 2. The summed E-state index contributed by atoms with van der Waals surface area (Å²) in [4.78, 5) is 35.6. The molecule has 0 aromatic carbocycles. The van der Waals surface area contributed by atoms with Gasteiger partial charge in [-0.2, -0.15) is 0 Å². The van der Waals surface area contributed by atoms with Crippen LogP contribution in [0, 0.1) is 0 Å². The second kappa shape index (κ2) is 6.27. The van der Waals surface area contributed by atoms with Gasteiger partial charge in [0.25, 0.3) is 5.56 Å². The molecule has 0 unspecified atom stereocenters. The number of nitrogens with one attached hydrogen (secondary N) is 1. The van der Waals surface area contributed by atoms with E-state index < -0.39 is 60.7 Å². The Kier molecular flexibility index (Phi) is 4.61. The van der Waals surface area contributed by atoms with Gasteiger partial charge in [0.05, 0.1) is 12.8 Å². The van der Waals surface area contributed by atoms with Crippen LogP contribution in [0.2, 0.25) is 0 Å². The van der Waals surface area contributed by atoms with Gasteiger partial charge in [-0.1, -0.05) is 0 Å². The lowest BCUT2D eigenvalue weighted by atomic mass is 10.1. The van der Waals surface area contributed by atoms with Crippen molar-refractivity contribution in [1.82, 2.24) is 9.55 Å². The Morgan fingerprint density at radius 1 is 1.36 bits per heavy atom. The molecule has 0 aliphatic carbocycles. The second-order valence-electron chi connectivity index (χ2n) is 4.57. The van der Waals surface area contributed by atoms with E-state index in [9.17, 15) is 24.6 Å². The Hall–Kier alpha value is -2.21. The number of aliphatic hydroxyl groups is 3. The second-order valence-corrected chi connectivity index (χ2v) is 4.57. The standard InChI is InChI=1S/C11H14N2O9/c14-2-5-7(17)8(18)10(22-5)13-1-4(21-3-6(15)16)9(19)12-11(13)20/h1,5,7-8,10,14,17-18H,2-3H2,(H,15,16)(H,12,19,20)/t5-,7+,8+,10-/m1/s1. The zero-order valence-corrected chi connectivity index (χ0v) is 11.1. The monoisotopic (exact) mass is 318 g/mol. The van der Waals surface area contributed by atoms with Crippen molar-refractivity contribution in [2.24, 2.45) is 0 Å². The van der Waals surface area contributed by atoms with Crippen LogP contribution in [0.4, 0.5) is 0 Å². The van der Waals surface area contributed by atoms with E-state index in [1.165, 1.54) is 0 Å². The van der Waals surface area contributed by atoms with E-state index in [1.807, 2.05) is 4.98 Å². The number of aliphatic carboxylic acids is 1. The van der Waals surface area contributed by atoms with Gasteiger partial charge < -0.3 is 29.9 Å². The van der Waals surface area contributed by atoms with E-state index in [1.54, 1.807) is 0 Å². The van der Waals surface area contributed by atoms with Crippen LogP contribution in [-0.2, 0) is 9.53 Å². The van der Waals surface area contributed by atoms with Crippen molar-refractivity contribution in [1.29, 1.82) is 0 Å². The average molecular weight is 318 g/mol. The molecule has 122 valence electrons. The minimum atomic E-state index is -1.53. The summed E-state index contributed by atoms with van der Waals surface area (Å²) >= 11 is 0. The predicted octanol–water partition coefficient (Wildman–Crippen LogP) is -3.39. The Balaban J connectivity index is 2.35. The molecule has 0 bridgehead atoms. The average Bonchev–Trinajstić information content (AvgIpc) is 2.74. The van der Waals surface area contributed by atoms with Crippen LogP contribution in [0.25, 0.3) is 0 Å². The molecule has 2 heterocycles. The molecule has 22 heavy (non-hydrogen) atoms. The van der Waals surface area contributed by atoms with Gasteiger partial charge in [-0.25, -0.2) is 9.59 Å². The zero-order valence-electron chi connectivity index (χ0n) is 11.1. The minimum Gasteiger partial charge on any atom is -0.479 e. The first kappa shape index (κ1) is 16.2. The molecule has 0 spiro atoms. The van der Waals surface area contributed by atoms with Crippen molar-refractivity contribution in [2.45, 2.75) is 24.5 Å². The lowest BCUT2D eigenvalue weighted by Crippen LogP contribution is -2.38. The highest BCUT2D eigenvalue weighted by atomic mass is 16.6. The summed E-state index contributed by atoms with van der Waals surface area (Å²) in [6, 6.07) is 0. The summed E-state index contributed by atoms with van der Waals surface area (Å²) < 4.78 is 10.6. The molecular formula is C11H14N2O9. The number of aromatic amines is 1. The molecule has 1 aliphatic rings. The molecule has 1 saturated heterocycles. The Labute approximate surface area is 122 Å². The Morgan fingerprint density at radius 3 is 2.59 bits per heavy atom.